The molecule has 2 aliphatic rings. The van der Waals surface area contributed by atoms with Gasteiger partial charge in [-0.1, -0.05) is 18.2 Å². The zero-order valence-electron chi connectivity index (χ0n) is 15.8. The molecule has 0 saturated heterocycles. The molecule has 2 amide bonds. The van der Waals surface area contributed by atoms with E-state index in [0.29, 0.717) is 18.4 Å². The Morgan fingerprint density at radius 3 is 2.71 bits per heavy atom. The van der Waals surface area contributed by atoms with Gasteiger partial charge in [-0.2, -0.15) is 5.26 Å². The summed E-state index contributed by atoms with van der Waals surface area (Å²) in [5, 5.41) is 26.4. The van der Waals surface area contributed by atoms with Crippen LogP contribution in [0.15, 0.2) is 24.3 Å². The van der Waals surface area contributed by atoms with Gasteiger partial charge in [-0.3, -0.25) is 9.59 Å². The number of amides is 2. The molecular weight excluding hydrogens is 356 g/mol. The Balaban J connectivity index is 1.44. The first-order valence-corrected chi connectivity index (χ1v) is 9.73. The van der Waals surface area contributed by atoms with Crippen LogP contribution < -0.4 is 10.6 Å². The highest BCUT2D eigenvalue weighted by Crippen LogP contribution is 2.29. The van der Waals surface area contributed by atoms with Gasteiger partial charge >= 0.3 is 0 Å². The molecule has 0 radical (unpaired) electrons. The number of aliphatic hydroxyl groups is 1. The number of hydrogen-bond acceptors (Lipinski definition) is 4. The summed E-state index contributed by atoms with van der Waals surface area (Å²) < 4.78 is 1.82. The fraction of sp³-hybridized carbons (Fsp3) is 0.476. The third-order valence-corrected chi connectivity index (χ3v) is 5.81. The maximum atomic E-state index is 12.6. The van der Waals surface area contributed by atoms with Crippen LogP contribution in [0.1, 0.15) is 36.9 Å². The van der Waals surface area contributed by atoms with E-state index >= 15 is 0 Å². The second-order valence-electron chi connectivity index (χ2n) is 7.87. The van der Waals surface area contributed by atoms with Gasteiger partial charge in [0.25, 0.3) is 0 Å². The summed E-state index contributed by atoms with van der Waals surface area (Å²) in [5.41, 5.74) is 2.15. The summed E-state index contributed by atoms with van der Waals surface area (Å²) in [7, 11) is 0. The van der Waals surface area contributed by atoms with Gasteiger partial charge in [0, 0.05) is 23.0 Å². The van der Waals surface area contributed by atoms with Crippen molar-refractivity contribution in [2.75, 3.05) is 0 Å². The smallest absolute Gasteiger partial charge is 0.240 e. The standard InChI is InChI=1S/C21H24N4O3/c1-12-16(10-22)15-4-2-3-5-18(15)25(12)11-20(27)24-17-8-13(9-19(17)26)21(28)23-14-6-7-14/h2-5,13-14,17,19,26H,6-9,11H2,1H3,(H,23,28)(H,24,27)/t13-,17-,19-/m0/s1. The van der Waals surface area contributed by atoms with Crippen LogP contribution >= 0.6 is 0 Å². The maximum absolute atomic E-state index is 12.6. The minimum atomic E-state index is -0.726. The van der Waals surface area contributed by atoms with Crippen molar-refractivity contribution in [3.8, 4) is 6.07 Å². The highest BCUT2D eigenvalue weighted by Gasteiger charge is 2.39. The first-order chi connectivity index (χ1) is 13.5. The topological polar surface area (TPSA) is 107 Å². The molecule has 7 heteroatoms. The first kappa shape index (κ1) is 18.5. The van der Waals surface area contributed by atoms with Crippen molar-refractivity contribution in [2.24, 2.45) is 5.92 Å². The van der Waals surface area contributed by atoms with Crippen molar-refractivity contribution in [2.45, 2.75) is 57.3 Å². The summed E-state index contributed by atoms with van der Waals surface area (Å²) in [6.45, 7) is 1.89. The molecule has 0 unspecified atom stereocenters. The van der Waals surface area contributed by atoms with E-state index in [0.717, 1.165) is 29.4 Å². The Hall–Kier alpha value is -2.85. The molecular formula is C21H24N4O3. The SMILES string of the molecule is Cc1c(C#N)c2ccccc2n1CC(=O)N[C@H]1C[C@H](C(=O)NC2CC2)C[C@@H]1O. The Labute approximate surface area is 163 Å². The van der Waals surface area contributed by atoms with E-state index in [2.05, 4.69) is 16.7 Å². The minimum absolute atomic E-state index is 0.0239. The Morgan fingerprint density at radius 1 is 1.25 bits per heavy atom. The van der Waals surface area contributed by atoms with E-state index in [1.807, 2.05) is 35.8 Å². The van der Waals surface area contributed by atoms with Crippen molar-refractivity contribution in [1.82, 2.24) is 15.2 Å². The predicted molar refractivity (Wildman–Crippen MR) is 103 cm³/mol. The quantitative estimate of drug-likeness (QED) is 0.728. The highest BCUT2D eigenvalue weighted by molar-refractivity contribution is 5.89. The second kappa shape index (κ2) is 7.28. The van der Waals surface area contributed by atoms with Crippen LogP contribution in [0.3, 0.4) is 0 Å². The van der Waals surface area contributed by atoms with Crippen LogP contribution in [-0.4, -0.2) is 39.7 Å². The first-order valence-electron chi connectivity index (χ1n) is 9.73. The van der Waals surface area contributed by atoms with Gasteiger partial charge in [0.1, 0.15) is 12.6 Å². The number of carbonyl (C=O) groups is 2. The van der Waals surface area contributed by atoms with Crippen LogP contribution in [-0.2, 0) is 16.1 Å². The summed E-state index contributed by atoms with van der Waals surface area (Å²) in [4.78, 5) is 24.9. The third kappa shape index (κ3) is 3.48. The number of nitrogens with zero attached hydrogens (tertiary/aromatic N) is 2. The number of hydrogen-bond donors (Lipinski definition) is 3. The normalized spacial score (nSPS) is 24.1. The number of carbonyl (C=O) groups excluding carboxylic acids is 2. The van der Waals surface area contributed by atoms with Crippen molar-refractivity contribution < 1.29 is 14.7 Å². The number of aliphatic hydroxyl groups excluding tert-OH is 1. The second-order valence-corrected chi connectivity index (χ2v) is 7.87. The third-order valence-electron chi connectivity index (χ3n) is 5.81. The molecule has 1 heterocycles. The summed E-state index contributed by atoms with van der Waals surface area (Å²) in [5.74, 6) is -0.523. The van der Waals surface area contributed by atoms with Gasteiger partial charge < -0.3 is 20.3 Å². The lowest BCUT2D eigenvalue weighted by Crippen LogP contribution is -2.41. The van der Waals surface area contributed by atoms with E-state index in [9.17, 15) is 20.0 Å². The molecule has 2 aromatic rings. The van der Waals surface area contributed by atoms with Crippen LogP contribution in [0.2, 0.25) is 0 Å². The van der Waals surface area contributed by atoms with Gasteiger partial charge in [0.05, 0.1) is 23.2 Å². The van der Waals surface area contributed by atoms with E-state index in [1.54, 1.807) is 0 Å². The lowest BCUT2D eigenvalue weighted by Gasteiger charge is -2.17. The number of para-hydroxylation sites is 1. The predicted octanol–water partition coefficient (Wildman–Crippen LogP) is 1.36. The zero-order valence-corrected chi connectivity index (χ0v) is 15.8. The Morgan fingerprint density at radius 2 is 2.00 bits per heavy atom. The molecule has 1 aromatic heterocycles. The number of nitrogens with one attached hydrogen (secondary N) is 2. The maximum Gasteiger partial charge on any atom is 0.240 e. The molecule has 2 saturated carbocycles. The van der Waals surface area contributed by atoms with Gasteiger partial charge in [-0.05, 0) is 38.7 Å². The van der Waals surface area contributed by atoms with Crippen molar-refractivity contribution in [3.63, 3.8) is 0 Å². The van der Waals surface area contributed by atoms with Crippen LogP contribution in [0.4, 0.5) is 0 Å². The number of aromatic nitrogens is 1. The van der Waals surface area contributed by atoms with Gasteiger partial charge in [-0.15, -0.1) is 0 Å². The molecule has 28 heavy (non-hydrogen) atoms. The van der Waals surface area contributed by atoms with Gasteiger partial charge in [-0.25, -0.2) is 0 Å². The minimum Gasteiger partial charge on any atom is -0.391 e. The van der Waals surface area contributed by atoms with E-state index in [4.69, 9.17) is 0 Å². The average Bonchev–Trinajstić information content (AvgIpc) is 3.36. The number of fused-ring (bicyclic) bond motifs is 1. The molecule has 0 aliphatic heterocycles. The lowest BCUT2D eigenvalue weighted by molar-refractivity contribution is -0.125. The largest absolute Gasteiger partial charge is 0.391 e. The monoisotopic (exact) mass is 380 g/mol. The van der Waals surface area contributed by atoms with Crippen molar-refractivity contribution >= 4 is 22.7 Å². The number of benzene rings is 1. The van der Waals surface area contributed by atoms with E-state index in [1.165, 1.54) is 0 Å². The molecule has 2 aliphatic carbocycles. The van der Waals surface area contributed by atoms with Crippen LogP contribution in [0.25, 0.3) is 10.9 Å². The van der Waals surface area contributed by atoms with Crippen molar-refractivity contribution in [1.29, 1.82) is 5.26 Å². The summed E-state index contributed by atoms with van der Waals surface area (Å²) >= 11 is 0. The number of rotatable bonds is 5. The molecule has 3 N–H and O–H groups in total. The number of nitriles is 1. The molecule has 3 atom stereocenters. The zero-order chi connectivity index (χ0) is 19.8. The fourth-order valence-electron chi connectivity index (χ4n) is 4.10. The van der Waals surface area contributed by atoms with E-state index < -0.39 is 12.1 Å². The van der Waals surface area contributed by atoms with Crippen LogP contribution in [0.5, 0.6) is 0 Å². The Bertz CT molecular complexity index is 970. The van der Waals surface area contributed by atoms with Crippen LogP contribution in [0, 0.1) is 24.2 Å². The molecule has 0 bridgehead atoms. The van der Waals surface area contributed by atoms with E-state index in [-0.39, 0.29) is 30.3 Å². The van der Waals surface area contributed by atoms with Gasteiger partial charge in [0.2, 0.25) is 11.8 Å². The molecule has 2 fully saturated rings. The highest BCUT2D eigenvalue weighted by atomic mass is 16.3. The van der Waals surface area contributed by atoms with Crippen molar-refractivity contribution in [3.05, 3.63) is 35.5 Å². The van der Waals surface area contributed by atoms with Gasteiger partial charge in [0.15, 0.2) is 0 Å². The molecule has 146 valence electrons. The molecule has 7 nitrogen and oxygen atoms in total. The Kier molecular flexibility index (Phi) is 4.82. The molecule has 4 rings (SSSR count). The summed E-state index contributed by atoms with van der Waals surface area (Å²) in [6, 6.07) is 9.58. The fourth-order valence-corrected chi connectivity index (χ4v) is 4.10. The summed E-state index contributed by atoms with van der Waals surface area (Å²) in [6.07, 6.45) is 2.14. The molecule has 0 spiro atoms. The molecule has 1 aromatic carbocycles. The lowest BCUT2D eigenvalue weighted by atomic mass is 10.1. The average molecular weight is 380 g/mol.